The standard InChI is InChI=1S/C17H28BrN5O2S.HI/c1-19-17(20-9-10-21-26(2,24)25)22-16-7-11-23(12-8-16)13-14-3-5-15(18)6-4-14;/h3-6,16,21H,7-13H2,1-2H3,(H2,19,20,22);1H. The Morgan fingerprint density at radius 1 is 1.22 bits per heavy atom. The van der Waals surface area contributed by atoms with Crippen molar-refractivity contribution in [2.45, 2.75) is 25.4 Å². The second-order valence-electron chi connectivity index (χ2n) is 6.49. The summed E-state index contributed by atoms with van der Waals surface area (Å²) in [4.78, 5) is 6.68. The fourth-order valence-corrected chi connectivity index (χ4v) is 3.63. The van der Waals surface area contributed by atoms with Crippen molar-refractivity contribution in [3.8, 4) is 0 Å². The highest BCUT2D eigenvalue weighted by molar-refractivity contribution is 14.0. The van der Waals surface area contributed by atoms with Crippen LogP contribution in [0.5, 0.6) is 0 Å². The van der Waals surface area contributed by atoms with Gasteiger partial charge in [-0.25, -0.2) is 13.1 Å². The first kappa shape index (κ1) is 24.6. The molecule has 0 amide bonds. The molecule has 1 saturated heterocycles. The number of halogens is 2. The maximum absolute atomic E-state index is 11.0. The van der Waals surface area contributed by atoms with Crippen LogP contribution in [0.2, 0.25) is 0 Å². The zero-order chi connectivity index (χ0) is 19.0. The quantitative estimate of drug-likeness (QED) is 0.200. The number of benzene rings is 1. The van der Waals surface area contributed by atoms with Crippen LogP contribution in [-0.2, 0) is 16.6 Å². The van der Waals surface area contributed by atoms with Crippen LogP contribution in [-0.4, -0.2) is 64.8 Å². The molecule has 1 aliphatic heterocycles. The average Bonchev–Trinajstić information content (AvgIpc) is 2.60. The van der Waals surface area contributed by atoms with E-state index in [9.17, 15) is 8.42 Å². The van der Waals surface area contributed by atoms with Crippen molar-refractivity contribution in [3.05, 3.63) is 34.3 Å². The van der Waals surface area contributed by atoms with E-state index in [4.69, 9.17) is 0 Å². The summed E-state index contributed by atoms with van der Waals surface area (Å²) in [6.45, 7) is 3.89. The molecule has 0 atom stereocenters. The molecule has 154 valence electrons. The third-order valence-electron chi connectivity index (χ3n) is 4.25. The molecule has 0 aromatic heterocycles. The van der Waals surface area contributed by atoms with Crippen LogP contribution in [0.3, 0.4) is 0 Å². The topological polar surface area (TPSA) is 85.8 Å². The van der Waals surface area contributed by atoms with Crippen LogP contribution in [0.15, 0.2) is 33.7 Å². The minimum atomic E-state index is -3.15. The number of hydrogen-bond acceptors (Lipinski definition) is 4. The van der Waals surface area contributed by atoms with Crippen LogP contribution in [0, 0.1) is 0 Å². The lowest BCUT2D eigenvalue weighted by Gasteiger charge is -2.33. The van der Waals surface area contributed by atoms with Gasteiger partial charge in [-0.05, 0) is 30.5 Å². The molecular formula is C17H29BrIN5O2S. The van der Waals surface area contributed by atoms with Gasteiger partial charge < -0.3 is 10.6 Å². The third-order valence-corrected chi connectivity index (χ3v) is 5.51. The van der Waals surface area contributed by atoms with Crippen LogP contribution >= 0.6 is 39.9 Å². The molecule has 10 heteroatoms. The molecule has 1 aromatic carbocycles. The fraction of sp³-hybridized carbons (Fsp3) is 0.588. The highest BCUT2D eigenvalue weighted by Gasteiger charge is 2.20. The second-order valence-corrected chi connectivity index (χ2v) is 9.24. The number of guanidine groups is 1. The number of rotatable bonds is 7. The summed E-state index contributed by atoms with van der Waals surface area (Å²) in [5.74, 6) is 0.715. The molecule has 3 N–H and O–H groups in total. The predicted molar refractivity (Wildman–Crippen MR) is 125 cm³/mol. The summed E-state index contributed by atoms with van der Waals surface area (Å²) in [5.41, 5.74) is 1.33. The van der Waals surface area contributed by atoms with Crippen molar-refractivity contribution in [1.82, 2.24) is 20.3 Å². The Bertz CT molecular complexity index is 692. The second kappa shape index (κ2) is 12.2. The van der Waals surface area contributed by atoms with E-state index in [2.05, 4.69) is 65.4 Å². The van der Waals surface area contributed by atoms with E-state index in [1.54, 1.807) is 7.05 Å². The first-order chi connectivity index (χ1) is 12.4. The van der Waals surface area contributed by atoms with Gasteiger partial charge in [0.25, 0.3) is 0 Å². The molecule has 1 heterocycles. The summed E-state index contributed by atoms with van der Waals surface area (Å²) >= 11 is 3.47. The van der Waals surface area contributed by atoms with Crippen LogP contribution in [0.25, 0.3) is 0 Å². The minimum Gasteiger partial charge on any atom is -0.355 e. The molecule has 1 aromatic rings. The van der Waals surface area contributed by atoms with E-state index in [-0.39, 0.29) is 24.0 Å². The number of sulfonamides is 1. The first-order valence-electron chi connectivity index (χ1n) is 8.74. The number of aliphatic imine (C=N–C) groups is 1. The van der Waals surface area contributed by atoms with E-state index < -0.39 is 10.0 Å². The summed E-state index contributed by atoms with van der Waals surface area (Å²) < 4.78 is 25.7. The monoisotopic (exact) mass is 573 g/mol. The van der Waals surface area contributed by atoms with E-state index in [0.717, 1.165) is 43.2 Å². The lowest BCUT2D eigenvalue weighted by atomic mass is 10.0. The molecule has 0 aliphatic carbocycles. The Morgan fingerprint density at radius 3 is 2.41 bits per heavy atom. The van der Waals surface area contributed by atoms with Crippen molar-refractivity contribution in [3.63, 3.8) is 0 Å². The predicted octanol–water partition coefficient (Wildman–Crippen LogP) is 1.75. The molecule has 0 unspecified atom stereocenters. The zero-order valence-corrected chi connectivity index (χ0v) is 20.5. The largest absolute Gasteiger partial charge is 0.355 e. The van der Waals surface area contributed by atoms with Crippen molar-refractivity contribution in [2.24, 2.45) is 4.99 Å². The van der Waals surface area contributed by atoms with Gasteiger partial charge in [0.05, 0.1) is 6.26 Å². The number of nitrogens with zero attached hydrogens (tertiary/aromatic N) is 2. The van der Waals surface area contributed by atoms with Crippen LogP contribution < -0.4 is 15.4 Å². The number of piperidine rings is 1. The molecule has 1 aliphatic rings. The molecule has 27 heavy (non-hydrogen) atoms. The van der Waals surface area contributed by atoms with Gasteiger partial charge in [0, 0.05) is 50.3 Å². The minimum absolute atomic E-state index is 0. The van der Waals surface area contributed by atoms with Gasteiger partial charge in [-0.1, -0.05) is 28.1 Å². The molecule has 2 rings (SSSR count). The van der Waals surface area contributed by atoms with E-state index in [1.165, 1.54) is 5.56 Å². The fourth-order valence-electron chi connectivity index (χ4n) is 2.89. The first-order valence-corrected chi connectivity index (χ1v) is 11.4. The normalized spacial score (nSPS) is 16.6. The summed E-state index contributed by atoms with van der Waals surface area (Å²) in [6.07, 6.45) is 3.26. The maximum Gasteiger partial charge on any atom is 0.208 e. The van der Waals surface area contributed by atoms with E-state index in [1.807, 2.05) is 0 Å². The van der Waals surface area contributed by atoms with Crippen molar-refractivity contribution in [2.75, 3.05) is 39.5 Å². The van der Waals surface area contributed by atoms with Gasteiger partial charge in [0.2, 0.25) is 10.0 Å². The maximum atomic E-state index is 11.0. The van der Waals surface area contributed by atoms with Crippen LogP contribution in [0.1, 0.15) is 18.4 Å². The highest BCUT2D eigenvalue weighted by atomic mass is 127. The van der Waals surface area contributed by atoms with Gasteiger partial charge in [0.15, 0.2) is 5.96 Å². The molecule has 1 fully saturated rings. The zero-order valence-electron chi connectivity index (χ0n) is 15.7. The highest BCUT2D eigenvalue weighted by Crippen LogP contribution is 2.16. The van der Waals surface area contributed by atoms with Crippen LogP contribution in [0.4, 0.5) is 0 Å². The Hall–Kier alpha value is -0.430. The molecule has 0 saturated carbocycles. The molecule has 0 bridgehead atoms. The Morgan fingerprint density at radius 2 is 1.85 bits per heavy atom. The number of nitrogens with one attached hydrogen (secondary N) is 3. The molecule has 7 nitrogen and oxygen atoms in total. The SMILES string of the molecule is CN=C(NCCNS(C)(=O)=O)NC1CCN(Cc2ccc(Br)cc2)CC1.I. The summed E-state index contributed by atoms with van der Waals surface area (Å²) in [6, 6.07) is 8.86. The Kier molecular flexibility index (Phi) is 11.1. The van der Waals surface area contributed by atoms with E-state index in [0.29, 0.717) is 25.1 Å². The summed E-state index contributed by atoms with van der Waals surface area (Å²) in [5, 5.41) is 6.56. The average molecular weight is 574 g/mol. The summed E-state index contributed by atoms with van der Waals surface area (Å²) in [7, 11) is -1.42. The van der Waals surface area contributed by atoms with Gasteiger partial charge >= 0.3 is 0 Å². The lowest BCUT2D eigenvalue weighted by molar-refractivity contribution is 0.198. The lowest BCUT2D eigenvalue weighted by Crippen LogP contribution is -2.49. The Balaban J connectivity index is 0.00000364. The van der Waals surface area contributed by atoms with Crippen molar-refractivity contribution < 1.29 is 8.42 Å². The van der Waals surface area contributed by atoms with Crippen molar-refractivity contribution in [1.29, 1.82) is 0 Å². The molecular weight excluding hydrogens is 545 g/mol. The smallest absolute Gasteiger partial charge is 0.208 e. The third kappa shape index (κ3) is 10.1. The van der Waals surface area contributed by atoms with Gasteiger partial charge in [0.1, 0.15) is 0 Å². The van der Waals surface area contributed by atoms with Gasteiger partial charge in [-0.15, -0.1) is 24.0 Å². The van der Waals surface area contributed by atoms with Gasteiger partial charge in [-0.3, -0.25) is 9.89 Å². The molecule has 0 radical (unpaired) electrons. The van der Waals surface area contributed by atoms with Gasteiger partial charge in [-0.2, -0.15) is 0 Å². The van der Waals surface area contributed by atoms with Crippen molar-refractivity contribution >= 4 is 55.9 Å². The molecule has 0 spiro atoms. The van der Waals surface area contributed by atoms with E-state index >= 15 is 0 Å². The number of likely N-dealkylation sites (tertiary alicyclic amines) is 1. The number of hydrogen-bond donors (Lipinski definition) is 3. The Labute approximate surface area is 188 Å².